The monoisotopic (exact) mass is 572 g/mol. The normalized spacial score (nSPS) is 15.7. The van der Waals surface area contributed by atoms with E-state index in [1.54, 1.807) is 26.4 Å². The summed E-state index contributed by atoms with van der Waals surface area (Å²) in [5.74, 6) is 1.94. The predicted octanol–water partition coefficient (Wildman–Crippen LogP) is 3.44. The first-order chi connectivity index (χ1) is 15.0. The maximum atomic E-state index is 12.1. The lowest BCUT2D eigenvalue weighted by atomic mass is 10.2. The Kier molecular flexibility index (Phi) is 10.3. The number of carbonyl (C=O) groups excluding carboxylic acids is 1. The van der Waals surface area contributed by atoms with Gasteiger partial charge in [0.2, 0.25) is 5.91 Å². The third-order valence-corrected chi connectivity index (χ3v) is 5.29. The molecular formula is C22H30ClIN6O2. The van der Waals surface area contributed by atoms with Gasteiger partial charge in [-0.3, -0.25) is 9.79 Å². The molecule has 10 heteroatoms. The molecular weight excluding hydrogens is 543 g/mol. The number of methoxy groups -OCH3 is 1. The highest BCUT2D eigenvalue weighted by Crippen LogP contribution is 2.33. The topological polar surface area (TPSA) is 90.9 Å². The molecule has 1 saturated heterocycles. The maximum absolute atomic E-state index is 12.1. The van der Waals surface area contributed by atoms with E-state index in [0.717, 1.165) is 36.5 Å². The van der Waals surface area contributed by atoms with Gasteiger partial charge >= 0.3 is 0 Å². The lowest BCUT2D eigenvalue weighted by Gasteiger charge is -2.22. The van der Waals surface area contributed by atoms with E-state index in [2.05, 4.69) is 30.8 Å². The molecule has 3 N–H and O–H groups in total. The van der Waals surface area contributed by atoms with Gasteiger partial charge in [-0.2, -0.15) is 0 Å². The number of halogens is 2. The van der Waals surface area contributed by atoms with Crippen LogP contribution in [0.2, 0.25) is 5.02 Å². The Morgan fingerprint density at radius 1 is 1.34 bits per heavy atom. The van der Waals surface area contributed by atoms with Crippen molar-refractivity contribution >= 4 is 58.9 Å². The Hall–Kier alpha value is -2.27. The summed E-state index contributed by atoms with van der Waals surface area (Å²) in [4.78, 5) is 22.8. The third-order valence-electron chi connectivity index (χ3n) is 5.06. The van der Waals surface area contributed by atoms with Crippen LogP contribution >= 0.6 is 35.6 Å². The number of hydrogen-bond acceptors (Lipinski definition) is 5. The number of nitrogens with zero attached hydrogens (tertiary/aromatic N) is 3. The zero-order valence-corrected chi connectivity index (χ0v) is 21.6. The standard InChI is InChI=1S/C22H29ClN6O2.HI/c1-15-4-7-20(26-13-15)28-21(30)8-10-25-22(24-2)27-17-9-11-29(14-17)18-12-16(23)5-6-19(18)31-3;/h4-7,12-13,17H,8-11,14H2,1-3H3,(H2,24,25,27)(H,26,28,30);1H. The van der Waals surface area contributed by atoms with Gasteiger partial charge in [0.25, 0.3) is 0 Å². The number of aromatic nitrogens is 1. The van der Waals surface area contributed by atoms with E-state index in [0.29, 0.717) is 29.8 Å². The van der Waals surface area contributed by atoms with Crippen molar-refractivity contribution in [2.75, 3.05) is 44.0 Å². The molecule has 0 radical (unpaired) electrons. The second kappa shape index (κ2) is 12.7. The Morgan fingerprint density at radius 3 is 2.84 bits per heavy atom. The number of ether oxygens (including phenoxy) is 1. The number of pyridine rings is 1. The van der Waals surface area contributed by atoms with E-state index in [1.165, 1.54) is 0 Å². The molecule has 2 aromatic rings. The molecule has 32 heavy (non-hydrogen) atoms. The van der Waals surface area contributed by atoms with Crippen molar-refractivity contribution in [3.05, 3.63) is 47.1 Å². The minimum atomic E-state index is -0.0978. The molecule has 0 aliphatic carbocycles. The number of amides is 1. The fourth-order valence-electron chi connectivity index (χ4n) is 3.44. The highest BCUT2D eigenvalue weighted by atomic mass is 127. The molecule has 1 fully saturated rings. The van der Waals surface area contributed by atoms with Crippen LogP contribution in [0.4, 0.5) is 11.5 Å². The number of nitrogens with one attached hydrogen (secondary N) is 3. The number of rotatable bonds is 7. The maximum Gasteiger partial charge on any atom is 0.227 e. The van der Waals surface area contributed by atoms with E-state index in [1.807, 2.05) is 31.2 Å². The van der Waals surface area contributed by atoms with Crippen LogP contribution in [0.15, 0.2) is 41.5 Å². The molecule has 1 aromatic heterocycles. The average Bonchev–Trinajstić information content (AvgIpc) is 3.23. The number of hydrogen-bond donors (Lipinski definition) is 3. The molecule has 0 saturated carbocycles. The fourth-order valence-corrected chi connectivity index (χ4v) is 3.60. The lowest BCUT2D eigenvalue weighted by molar-refractivity contribution is -0.116. The van der Waals surface area contributed by atoms with Crippen LogP contribution in [-0.4, -0.2) is 56.7 Å². The molecule has 1 atom stereocenters. The summed E-state index contributed by atoms with van der Waals surface area (Å²) in [5, 5.41) is 10.1. The minimum Gasteiger partial charge on any atom is -0.495 e. The highest BCUT2D eigenvalue weighted by Gasteiger charge is 2.25. The SMILES string of the molecule is CN=C(NCCC(=O)Nc1ccc(C)cn1)NC1CCN(c2cc(Cl)ccc2OC)C1.I. The summed E-state index contributed by atoms with van der Waals surface area (Å²) in [6.45, 7) is 4.11. The van der Waals surface area contributed by atoms with E-state index in [9.17, 15) is 4.79 Å². The van der Waals surface area contributed by atoms with Crippen LogP contribution in [0, 0.1) is 6.92 Å². The predicted molar refractivity (Wildman–Crippen MR) is 141 cm³/mol. The smallest absolute Gasteiger partial charge is 0.227 e. The number of anilines is 2. The fraction of sp³-hybridized carbons (Fsp3) is 0.409. The Morgan fingerprint density at radius 2 is 2.16 bits per heavy atom. The summed E-state index contributed by atoms with van der Waals surface area (Å²) in [5.41, 5.74) is 2.04. The van der Waals surface area contributed by atoms with Crippen molar-refractivity contribution in [2.24, 2.45) is 4.99 Å². The van der Waals surface area contributed by atoms with Crippen LogP contribution in [0.25, 0.3) is 0 Å². The summed E-state index contributed by atoms with van der Waals surface area (Å²) < 4.78 is 5.48. The van der Waals surface area contributed by atoms with Crippen molar-refractivity contribution in [2.45, 2.75) is 25.8 Å². The average molecular weight is 573 g/mol. The van der Waals surface area contributed by atoms with Crippen molar-refractivity contribution in [3.63, 3.8) is 0 Å². The highest BCUT2D eigenvalue weighted by molar-refractivity contribution is 14.0. The molecule has 0 spiro atoms. The molecule has 1 aliphatic heterocycles. The van der Waals surface area contributed by atoms with E-state index < -0.39 is 0 Å². The van der Waals surface area contributed by atoms with Crippen molar-refractivity contribution in [1.29, 1.82) is 0 Å². The number of guanidine groups is 1. The Labute approximate surface area is 211 Å². The zero-order chi connectivity index (χ0) is 22.2. The van der Waals surface area contributed by atoms with Gasteiger partial charge in [0.1, 0.15) is 11.6 Å². The summed E-state index contributed by atoms with van der Waals surface area (Å²) in [6, 6.07) is 9.57. The van der Waals surface area contributed by atoms with Gasteiger partial charge in [0, 0.05) is 50.4 Å². The molecule has 8 nitrogen and oxygen atoms in total. The third kappa shape index (κ3) is 7.40. The molecule has 2 heterocycles. The molecule has 0 bridgehead atoms. The number of benzene rings is 1. The van der Waals surface area contributed by atoms with Gasteiger partial charge in [-0.15, -0.1) is 24.0 Å². The van der Waals surface area contributed by atoms with Gasteiger partial charge in [0.05, 0.1) is 12.8 Å². The largest absolute Gasteiger partial charge is 0.495 e. The summed E-state index contributed by atoms with van der Waals surface area (Å²) in [7, 11) is 3.38. The quantitative estimate of drug-likeness (QED) is 0.268. The lowest BCUT2D eigenvalue weighted by Crippen LogP contribution is -2.45. The first-order valence-corrected chi connectivity index (χ1v) is 10.6. The van der Waals surface area contributed by atoms with E-state index in [-0.39, 0.29) is 35.9 Å². The molecule has 1 amide bonds. The Bertz CT molecular complexity index is 925. The first-order valence-electron chi connectivity index (χ1n) is 10.3. The summed E-state index contributed by atoms with van der Waals surface area (Å²) >= 11 is 6.17. The molecule has 1 unspecified atom stereocenters. The van der Waals surface area contributed by atoms with Gasteiger partial charge < -0.3 is 25.6 Å². The van der Waals surface area contributed by atoms with Gasteiger partial charge in [0.15, 0.2) is 5.96 Å². The number of carbonyl (C=O) groups is 1. The van der Waals surface area contributed by atoms with Crippen LogP contribution in [-0.2, 0) is 4.79 Å². The molecule has 1 aliphatic rings. The second-order valence-corrected chi connectivity index (χ2v) is 7.85. The van der Waals surface area contributed by atoms with Gasteiger partial charge in [-0.1, -0.05) is 17.7 Å². The zero-order valence-electron chi connectivity index (χ0n) is 18.5. The van der Waals surface area contributed by atoms with Crippen molar-refractivity contribution in [1.82, 2.24) is 15.6 Å². The van der Waals surface area contributed by atoms with Crippen LogP contribution in [0.1, 0.15) is 18.4 Å². The molecule has 174 valence electrons. The van der Waals surface area contributed by atoms with E-state index in [4.69, 9.17) is 16.3 Å². The van der Waals surface area contributed by atoms with Crippen molar-refractivity contribution in [3.8, 4) is 5.75 Å². The van der Waals surface area contributed by atoms with E-state index >= 15 is 0 Å². The minimum absolute atomic E-state index is 0. The van der Waals surface area contributed by atoms with Crippen LogP contribution in [0.3, 0.4) is 0 Å². The van der Waals surface area contributed by atoms with Crippen LogP contribution < -0.4 is 25.6 Å². The summed E-state index contributed by atoms with van der Waals surface area (Å²) in [6.07, 6.45) is 2.99. The number of aryl methyl sites for hydroxylation is 1. The van der Waals surface area contributed by atoms with Crippen LogP contribution in [0.5, 0.6) is 5.75 Å². The van der Waals surface area contributed by atoms with Gasteiger partial charge in [-0.25, -0.2) is 4.98 Å². The molecule has 1 aromatic carbocycles. The first kappa shape index (κ1) is 26.0. The second-order valence-electron chi connectivity index (χ2n) is 7.41. The van der Waals surface area contributed by atoms with Gasteiger partial charge in [-0.05, 0) is 43.2 Å². The molecule has 3 rings (SSSR count). The van der Waals surface area contributed by atoms with Crippen molar-refractivity contribution < 1.29 is 9.53 Å². The Balaban J connectivity index is 0.00000363. The number of aliphatic imine (C=N–C) groups is 1.